The number of nitrogens with two attached hydrogens (primary N) is 1. The van der Waals surface area contributed by atoms with Crippen molar-refractivity contribution in [1.82, 2.24) is 9.78 Å². The summed E-state index contributed by atoms with van der Waals surface area (Å²) >= 11 is 5.91. The molecule has 84 valence electrons. The summed E-state index contributed by atoms with van der Waals surface area (Å²) in [4.78, 5) is 0. The average molecular weight is 228 g/mol. The van der Waals surface area contributed by atoms with Gasteiger partial charge in [-0.2, -0.15) is 5.10 Å². The van der Waals surface area contributed by atoms with Crippen LogP contribution in [0.4, 0.5) is 5.82 Å². The van der Waals surface area contributed by atoms with E-state index in [-0.39, 0.29) is 0 Å². The molecule has 2 rings (SSSR count). The summed E-state index contributed by atoms with van der Waals surface area (Å²) in [7, 11) is 0. The van der Waals surface area contributed by atoms with E-state index in [2.05, 4.69) is 18.9 Å². The van der Waals surface area contributed by atoms with Gasteiger partial charge in [0.1, 0.15) is 10.8 Å². The zero-order valence-corrected chi connectivity index (χ0v) is 10.1. The predicted octanol–water partition coefficient (Wildman–Crippen LogP) is 3.26. The highest BCUT2D eigenvalue weighted by Gasteiger charge is 2.30. The molecule has 15 heavy (non-hydrogen) atoms. The molecule has 2 N–H and O–H groups in total. The average Bonchev–Trinajstić information content (AvgIpc) is 2.46. The number of nitrogens with zero attached hydrogens (tertiary/aromatic N) is 2. The number of aromatic nitrogens is 2. The molecule has 0 bridgehead atoms. The first-order valence-electron chi connectivity index (χ1n) is 5.48. The van der Waals surface area contributed by atoms with E-state index < -0.39 is 0 Å². The van der Waals surface area contributed by atoms with E-state index in [1.165, 1.54) is 12.8 Å². The lowest BCUT2D eigenvalue weighted by Crippen LogP contribution is -2.26. The van der Waals surface area contributed by atoms with E-state index in [4.69, 9.17) is 17.3 Å². The van der Waals surface area contributed by atoms with Crippen molar-refractivity contribution < 1.29 is 0 Å². The van der Waals surface area contributed by atoms with Crippen molar-refractivity contribution in [3.05, 3.63) is 11.2 Å². The van der Waals surface area contributed by atoms with E-state index in [0.717, 1.165) is 12.8 Å². The van der Waals surface area contributed by atoms with Gasteiger partial charge in [-0.15, -0.1) is 0 Å². The van der Waals surface area contributed by atoms with Gasteiger partial charge in [0, 0.05) is 0 Å². The van der Waals surface area contributed by atoms with Crippen LogP contribution >= 0.6 is 11.6 Å². The van der Waals surface area contributed by atoms with Crippen molar-refractivity contribution in [2.45, 2.75) is 45.6 Å². The first kappa shape index (κ1) is 10.8. The molecular weight excluding hydrogens is 210 g/mol. The van der Waals surface area contributed by atoms with E-state index in [1.807, 2.05) is 4.68 Å². The third-order valence-electron chi connectivity index (χ3n) is 3.31. The molecule has 3 nitrogen and oxygen atoms in total. The van der Waals surface area contributed by atoms with Crippen LogP contribution in [-0.4, -0.2) is 9.78 Å². The molecule has 1 fully saturated rings. The molecule has 1 aliphatic carbocycles. The Morgan fingerprint density at radius 1 is 1.60 bits per heavy atom. The van der Waals surface area contributed by atoms with E-state index in [0.29, 0.717) is 22.3 Å². The maximum atomic E-state index is 5.91. The van der Waals surface area contributed by atoms with Crippen LogP contribution in [0.2, 0.25) is 5.02 Å². The fraction of sp³-hybridized carbons (Fsp3) is 0.727. The van der Waals surface area contributed by atoms with Crippen LogP contribution in [0.15, 0.2) is 6.20 Å². The smallest absolute Gasteiger partial charge is 0.140 e. The van der Waals surface area contributed by atoms with Crippen molar-refractivity contribution in [3.8, 4) is 0 Å². The predicted molar refractivity (Wildman–Crippen MR) is 62.9 cm³/mol. The number of hydrogen-bond acceptors (Lipinski definition) is 2. The SMILES string of the molecule is CC1(C)CCCC(n2ncc(Cl)c2N)C1. The summed E-state index contributed by atoms with van der Waals surface area (Å²) in [6.45, 7) is 4.61. The summed E-state index contributed by atoms with van der Waals surface area (Å²) in [6, 6.07) is 0.418. The van der Waals surface area contributed by atoms with Gasteiger partial charge in [0.15, 0.2) is 0 Å². The fourth-order valence-corrected chi connectivity index (χ4v) is 2.64. The first-order chi connectivity index (χ1) is 6.99. The number of hydrogen-bond donors (Lipinski definition) is 1. The zero-order valence-electron chi connectivity index (χ0n) is 9.33. The molecule has 1 atom stereocenters. The van der Waals surface area contributed by atoms with Gasteiger partial charge in [0.2, 0.25) is 0 Å². The summed E-state index contributed by atoms with van der Waals surface area (Å²) in [6.07, 6.45) is 6.46. The second kappa shape index (κ2) is 3.71. The van der Waals surface area contributed by atoms with Crippen LogP contribution in [0.3, 0.4) is 0 Å². The van der Waals surface area contributed by atoms with Crippen molar-refractivity contribution in [1.29, 1.82) is 0 Å². The van der Waals surface area contributed by atoms with E-state index in [9.17, 15) is 0 Å². The molecule has 1 unspecified atom stereocenters. The highest BCUT2D eigenvalue weighted by molar-refractivity contribution is 6.32. The Bertz CT molecular complexity index is 357. The molecule has 1 saturated carbocycles. The van der Waals surface area contributed by atoms with Crippen molar-refractivity contribution in [3.63, 3.8) is 0 Å². The molecule has 1 aromatic heterocycles. The van der Waals surface area contributed by atoms with Gasteiger partial charge in [0.25, 0.3) is 0 Å². The summed E-state index contributed by atoms with van der Waals surface area (Å²) in [5.74, 6) is 0.611. The zero-order chi connectivity index (χ0) is 11.1. The lowest BCUT2D eigenvalue weighted by molar-refractivity contribution is 0.176. The topological polar surface area (TPSA) is 43.8 Å². The number of rotatable bonds is 1. The molecule has 1 aliphatic rings. The first-order valence-corrected chi connectivity index (χ1v) is 5.86. The van der Waals surface area contributed by atoms with Gasteiger partial charge in [-0.3, -0.25) is 0 Å². The van der Waals surface area contributed by atoms with Crippen molar-refractivity contribution in [2.75, 3.05) is 5.73 Å². The summed E-state index contributed by atoms with van der Waals surface area (Å²) < 4.78 is 1.89. The normalized spacial score (nSPS) is 25.4. The van der Waals surface area contributed by atoms with Crippen LogP contribution in [0.25, 0.3) is 0 Å². The van der Waals surface area contributed by atoms with Crippen LogP contribution in [0.5, 0.6) is 0 Å². The van der Waals surface area contributed by atoms with Gasteiger partial charge in [-0.25, -0.2) is 4.68 Å². The standard InChI is InChI=1S/C11H18ClN3/c1-11(2)5-3-4-8(6-11)15-10(13)9(12)7-14-15/h7-8H,3-6,13H2,1-2H3. The Morgan fingerprint density at radius 3 is 2.87 bits per heavy atom. The molecular formula is C11H18ClN3. The fourth-order valence-electron chi connectivity index (χ4n) is 2.51. The minimum atomic E-state index is 0.397. The highest BCUT2D eigenvalue weighted by Crippen LogP contribution is 2.41. The Balaban J connectivity index is 2.21. The van der Waals surface area contributed by atoms with Crippen molar-refractivity contribution >= 4 is 17.4 Å². The third kappa shape index (κ3) is 2.12. The van der Waals surface area contributed by atoms with Crippen molar-refractivity contribution in [2.24, 2.45) is 5.41 Å². The summed E-state index contributed by atoms with van der Waals surface area (Å²) in [5, 5.41) is 4.83. The maximum Gasteiger partial charge on any atom is 0.140 e. The monoisotopic (exact) mass is 227 g/mol. The van der Waals surface area contributed by atoms with E-state index >= 15 is 0 Å². The Hall–Kier alpha value is -0.700. The summed E-state index contributed by atoms with van der Waals surface area (Å²) in [5.41, 5.74) is 6.29. The molecule has 0 spiro atoms. The highest BCUT2D eigenvalue weighted by atomic mass is 35.5. The number of anilines is 1. The minimum absolute atomic E-state index is 0.397. The minimum Gasteiger partial charge on any atom is -0.383 e. The van der Waals surface area contributed by atoms with Crippen LogP contribution in [-0.2, 0) is 0 Å². The molecule has 0 aliphatic heterocycles. The third-order valence-corrected chi connectivity index (χ3v) is 3.60. The van der Waals surface area contributed by atoms with Gasteiger partial charge in [0.05, 0.1) is 12.2 Å². The molecule has 0 saturated heterocycles. The Kier molecular flexibility index (Phi) is 2.67. The molecule has 0 aromatic carbocycles. The van der Waals surface area contributed by atoms with Crippen LogP contribution < -0.4 is 5.73 Å². The second-order valence-corrected chi connectivity index (χ2v) is 5.64. The second-order valence-electron chi connectivity index (χ2n) is 5.24. The maximum absolute atomic E-state index is 5.91. The molecule has 1 aromatic rings. The van der Waals surface area contributed by atoms with E-state index in [1.54, 1.807) is 6.20 Å². The molecule has 4 heteroatoms. The molecule has 0 amide bonds. The lowest BCUT2D eigenvalue weighted by atomic mass is 9.75. The van der Waals surface area contributed by atoms with Gasteiger partial charge >= 0.3 is 0 Å². The lowest BCUT2D eigenvalue weighted by Gasteiger charge is -2.35. The Labute approximate surface area is 95.6 Å². The largest absolute Gasteiger partial charge is 0.383 e. The van der Waals surface area contributed by atoms with Crippen LogP contribution in [0.1, 0.15) is 45.6 Å². The van der Waals surface area contributed by atoms with Gasteiger partial charge < -0.3 is 5.73 Å². The van der Waals surface area contributed by atoms with Gasteiger partial charge in [-0.05, 0) is 24.7 Å². The molecule has 1 heterocycles. The number of nitrogen functional groups attached to an aromatic ring is 1. The van der Waals surface area contributed by atoms with Crippen LogP contribution in [0, 0.1) is 5.41 Å². The molecule has 0 radical (unpaired) electrons. The quantitative estimate of drug-likeness (QED) is 0.801. The Morgan fingerprint density at radius 2 is 2.33 bits per heavy atom. The number of halogens is 1. The van der Waals surface area contributed by atoms with Gasteiger partial charge in [-0.1, -0.05) is 31.9 Å².